The van der Waals surface area contributed by atoms with Gasteiger partial charge in [0.05, 0.1) is 12.6 Å². The number of methoxy groups -OCH3 is 1. The first kappa shape index (κ1) is 12.3. The van der Waals surface area contributed by atoms with Gasteiger partial charge in [0, 0.05) is 19.7 Å². The molecule has 0 aliphatic heterocycles. The molecule has 88 valence electrons. The number of nitrogens with two attached hydrogens (primary N) is 1. The summed E-state index contributed by atoms with van der Waals surface area (Å²) in [6.45, 7) is 3.58. The number of rotatable bonds is 7. The molecule has 0 amide bonds. The fourth-order valence-corrected chi connectivity index (χ4v) is 1.88. The van der Waals surface area contributed by atoms with Crippen molar-refractivity contribution in [3.05, 3.63) is 0 Å². The maximum Gasteiger partial charge on any atom is 0.156 e. The maximum absolute atomic E-state index is 8.72. The molecular weight excluding hydrogens is 194 g/mol. The van der Waals surface area contributed by atoms with Gasteiger partial charge in [-0.25, -0.2) is 0 Å². The fraction of sp³-hybridized carbons (Fsp3) is 0.900. The smallest absolute Gasteiger partial charge is 0.156 e. The third-order valence-corrected chi connectivity index (χ3v) is 2.81. The molecule has 1 atom stereocenters. The molecule has 5 heteroatoms. The summed E-state index contributed by atoms with van der Waals surface area (Å²) in [6.07, 6.45) is 3.27. The van der Waals surface area contributed by atoms with Gasteiger partial charge in [0.1, 0.15) is 0 Å². The van der Waals surface area contributed by atoms with Gasteiger partial charge in [-0.05, 0) is 19.3 Å². The van der Waals surface area contributed by atoms with Gasteiger partial charge in [-0.15, -0.1) is 0 Å². The molecule has 0 radical (unpaired) electrons. The molecule has 1 fully saturated rings. The Morgan fingerprint density at radius 1 is 1.67 bits per heavy atom. The Morgan fingerprint density at radius 2 is 2.33 bits per heavy atom. The van der Waals surface area contributed by atoms with Crippen molar-refractivity contribution in [2.24, 2.45) is 10.9 Å². The molecule has 1 saturated carbocycles. The molecule has 5 nitrogen and oxygen atoms in total. The first-order valence-corrected chi connectivity index (χ1v) is 5.46. The van der Waals surface area contributed by atoms with Crippen LogP contribution >= 0.6 is 0 Å². The molecule has 1 aliphatic carbocycles. The Hall–Kier alpha value is -0.810. The minimum Gasteiger partial charge on any atom is -0.409 e. The van der Waals surface area contributed by atoms with Crippen LogP contribution in [0.1, 0.15) is 26.2 Å². The normalized spacial score (nSPS) is 19.5. The van der Waals surface area contributed by atoms with Crippen LogP contribution in [-0.4, -0.2) is 48.3 Å². The summed E-state index contributed by atoms with van der Waals surface area (Å²) in [6, 6.07) is 0.628. The van der Waals surface area contributed by atoms with E-state index in [-0.39, 0.29) is 6.04 Å². The number of hydrogen-bond donors (Lipinski definition) is 2. The fourth-order valence-electron chi connectivity index (χ4n) is 1.88. The van der Waals surface area contributed by atoms with Crippen LogP contribution in [0.15, 0.2) is 5.16 Å². The summed E-state index contributed by atoms with van der Waals surface area (Å²) in [5.41, 5.74) is 5.68. The van der Waals surface area contributed by atoms with Crippen LogP contribution in [0.5, 0.6) is 0 Å². The summed E-state index contributed by atoms with van der Waals surface area (Å²) >= 11 is 0. The molecule has 3 N–H and O–H groups in total. The van der Waals surface area contributed by atoms with Crippen LogP contribution in [0.2, 0.25) is 0 Å². The predicted octanol–water partition coefficient (Wildman–Crippen LogP) is 0.622. The van der Waals surface area contributed by atoms with Crippen molar-refractivity contribution in [3.63, 3.8) is 0 Å². The van der Waals surface area contributed by atoms with Gasteiger partial charge in [0.15, 0.2) is 5.84 Å². The maximum atomic E-state index is 8.72. The lowest BCUT2D eigenvalue weighted by atomic mass is 10.1. The van der Waals surface area contributed by atoms with Crippen molar-refractivity contribution in [2.75, 3.05) is 20.3 Å². The van der Waals surface area contributed by atoms with Crippen molar-refractivity contribution >= 4 is 5.84 Å². The Labute approximate surface area is 90.9 Å². The van der Waals surface area contributed by atoms with Gasteiger partial charge in [-0.2, -0.15) is 0 Å². The summed E-state index contributed by atoms with van der Waals surface area (Å²) < 4.78 is 5.07. The summed E-state index contributed by atoms with van der Waals surface area (Å²) in [7, 11) is 1.69. The van der Waals surface area contributed by atoms with Gasteiger partial charge < -0.3 is 15.7 Å². The number of amidine groups is 1. The number of hydrogen-bond acceptors (Lipinski definition) is 4. The van der Waals surface area contributed by atoms with Crippen LogP contribution in [0, 0.1) is 0 Å². The molecule has 0 aromatic carbocycles. The summed E-state index contributed by atoms with van der Waals surface area (Å²) in [5.74, 6) is 0.306. The first-order chi connectivity index (χ1) is 7.24. The van der Waals surface area contributed by atoms with E-state index in [4.69, 9.17) is 15.7 Å². The van der Waals surface area contributed by atoms with Crippen molar-refractivity contribution in [2.45, 2.75) is 38.3 Å². The summed E-state index contributed by atoms with van der Waals surface area (Å²) in [4.78, 5) is 2.28. The lowest BCUT2D eigenvalue weighted by molar-refractivity contribution is 0.129. The quantitative estimate of drug-likeness (QED) is 0.283. The second-order valence-electron chi connectivity index (χ2n) is 3.91. The molecule has 0 aromatic heterocycles. The Kier molecular flexibility index (Phi) is 4.84. The highest BCUT2D eigenvalue weighted by Crippen LogP contribution is 2.29. The molecule has 0 heterocycles. The summed E-state index contributed by atoms with van der Waals surface area (Å²) in [5, 5.41) is 11.8. The van der Waals surface area contributed by atoms with Crippen LogP contribution in [-0.2, 0) is 4.74 Å². The van der Waals surface area contributed by atoms with E-state index in [1.807, 2.05) is 6.92 Å². The first-order valence-electron chi connectivity index (χ1n) is 5.46. The molecule has 1 rings (SSSR count). The van der Waals surface area contributed by atoms with E-state index in [9.17, 15) is 0 Å². The lowest BCUT2D eigenvalue weighted by Gasteiger charge is -2.29. The lowest BCUT2D eigenvalue weighted by Crippen LogP contribution is -2.47. The van der Waals surface area contributed by atoms with Crippen molar-refractivity contribution in [3.8, 4) is 0 Å². The zero-order valence-corrected chi connectivity index (χ0v) is 9.52. The van der Waals surface area contributed by atoms with Gasteiger partial charge >= 0.3 is 0 Å². The van der Waals surface area contributed by atoms with Gasteiger partial charge in [0.25, 0.3) is 0 Å². The topological polar surface area (TPSA) is 71.1 Å². The zero-order valence-electron chi connectivity index (χ0n) is 9.52. The number of ether oxygens (including phenoxy) is 1. The van der Waals surface area contributed by atoms with Crippen LogP contribution in [0.25, 0.3) is 0 Å². The Bertz CT molecular complexity index is 217. The van der Waals surface area contributed by atoms with E-state index in [2.05, 4.69) is 10.1 Å². The average molecular weight is 215 g/mol. The highest BCUT2D eigenvalue weighted by atomic mass is 16.5. The molecule has 0 spiro atoms. The van der Waals surface area contributed by atoms with E-state index in [1.54, 1.807) is 7.11 Å². The van der Waals surface area contributed by atoms with Gasteiger partial charge in [-0.3, -0.25) is 4.90 Å². The number of oxime groups is 1. The molecule has 0 bridgehead atoms. The van der Waals surface area contributed by atoms with Crippen molar-refractivity contribution in [1.82, 2.24) is 4.90 Å². The molecular formula is C10H21N3O2. The average Bonchev–Trinajstić information content (AvgIpc) is 3.07. The second kappa shape index (κ2) is 5.92. The van der Waals surface area contributed by atoms with E-state index in [0.29, 0.717) is 18.5 Å². The molecule has 1 unspecified atom stereocenters. The molecule has 15 heavy (non-hydrogen) atoms. The minimum absolute atomic E-state index is 0.0395. The standard InChI is InChI=1S/C10H21N3O2/c1-3-9(10(11)12-14)13(6-7-15-2)8-4-5-8/h8-9,14H,3-7H2,1-2H3,(H2,11,12). The second-order valence-corrected chi connectivity index (χ2v) is 3.91. The molecule has 0 saturated heterocycles. The zero-order chi connectivity index (χ0) is 11.3. The van der Waals surface area contributed by atoms with E-state index >= 15 is 0 Å². The molecule has 0 aromatic rings. The Morgan fingerprint density at radius 3 is 2.73 bits per heavy atom. The highest BCUT2D eigenvalue weighted by Gasteiger charge is 2.34. The van der Waals surface area contributed by atoms with E-state index < -0.39 is 0 Å². The largest absolute Gasteiger partial charge is 0.409 e. The third kappa shape index (κ3) is 3.35. The van der Waals surface area contributed by atoms with Gasteiger partial charge in [0.2, 0.25) is 0 Å². The monoisotopic (exact) mass is 215 g/mol. The van der Waals surface area contributed by atoms with E-state index in [0.717, 1.165) is 13.0 Å². The molecule has 1 aliphatic rings. The van der Waals surface area contributed by atoms with Crippen LogP contribution in [0.3, 0.4) is 0 Å². The Balaban J connectivity index is 2.58. The SMILES string of the molecule is CCC(C(N)=NO)N(CCOC)C1CC1. The van der Waals surface area contributed by atoms with Crippen molar-refractivity contribution in [1.29, 1.82) is 0 Å². The number of nitrogens with zero attached hydrogens (tertiary/aromatic N) is 2. The minimum atomic E-state index is 0.0395. The van der Waals surface area contributed by atoms with Crippen LogP contribution < -0.4 is 5.73 Å². The predicted molar refractivity (Wildman–Crippen MR) is 59.1 cm³/mol. The van der Waals surface area contributed by atoms with Crippen molar-refractivity contribution < 1.29 is 9.94 Å². The van der Waals surface area contributed by atoms with Crippen LogP contribution in [0.4, 0.5) is 0 Å². The van der Waals surface area contributed by atoms with Gasteiger partial charge in [-0.1, -0.05) is 12.1 Å². The van der Waals surface area contributed by atoms with E-state index in [1.165, 1.54) is 12.8 Å². The third-order valence-electron chi connectivity index (χ3n) is 2.81. The highest BCUT2D eigenvalue weighted by molar-refractivity contribution is 5.85.